The van der Waals surface area contributed by atoms with Crippen LogP contribution >= 0.6 is 11.8 Å². The third kappa shape index (κ3) is 9.94. The molecule has 0 aliphatic carbocycles. The van der Waals surface area contributed by atoms with Gasteiger partial charge in [-0.25, -0.2) is 0 Å². The molecule has 7 nitrogen and oxygen atoms in total. The quantitative estimate of drug-likeness (QED) is 0.134. The average Bonchev–Trinajstić information content (AvgIpc) is 2.90. The first-order valence-corrected chi connectivity index (χ1v) is 12.8. The van der Waals surface area contributed by atoms with Crippen LogP contribution in [0.3, 0.4) is 0 Å². The number of hydrogen-bond acceptors (Lipinski definition) is 6. The highest BCUT2D eigenvalue weighted by atomic mass is 32.2. The molecule has 0 saturated heterocycles. The SMILES string of the molecule is O=C(O)CCNC(=O)c1ccc(C(=O)C(CC(=O)c2cccc(SC(F)(F)F)c2)c2ccc(OC(F)(F)F)cc2)cc1. The van der Waals surface area contributed by atoms with Crippen molar-refractivity contribution in [1.29, 1.82) is 0 Å². The van der Waals surface area contributed by atoms with Gasteiger partial charge < -0.3 is 15.2 Å². The third-order valence-electron chi connectivity index (χ3n) is 5.67. The minimum absolute atomic E-state index is 0.0341. The number of thioether (sulfide) groups is 1. The molecule has 0 aliphatic heterocycles. The fourth-order valence-corrected chi connectivity index (χ4v) is 4.41. The summed E-state index contributed by atoms with van der Waals surface area (Å²) in [7, 11) is 0. The number of nitrogens with one attached hydrogen (secondary N) is 1. The zero-order valence-electron chi connectivity index (χ0n) is 21.3. The van der Waals surface area contributed by atoms with E-state index in [0.717, 1.165) is 36.4 Å². The summed E-state index contributed by atoms with van der Waals surface area (Å²) in [4.78, 5) is 49.2. The van der Waals surface area contributed by atoms with Crippen LogP contribution in [-0.4, -0.2) is 47.0 Å². The molecule has 0 spiro atoms. The lowest BCUT2D eigenvalue weighted by Crippen LogP contribution is -2.26. The molecule has 1 amide bonds. The fourth-order valence-electron chi connectivity index (χ4n) is 3.81. The lowest BCUT2D eigenvalue weighted by Gasteiger charge is -2.17. The summed E-state index contributed by atoms with van der Waals surface area (Å²) in [6, 6.07) is 14.1. The molecule has 3 rings (SSSR count). The molecular weight excluding hydrogens is 592 g/mol. The summed E-state index contributed by atoms with van der Waals surface area (Å²) >= 11 is -0.420. The van der Waals surface area contributed by atoms with Crippen LogP contribution in [0.15, 0.2) is 77.7 Å². The van der Waals surface area contributed by atoms with Gasteiger partial charge in [0, 0.05) is 34.6 Å². The predicted octanol–water partition coefficient (Wildman–Crippen LogP) is 6.64. The van der Waals surface area contributed by atoms with Crippen LogP contribution in [0.4, 0.5) is 26.3 Å². The molecule has 222 valence electrons. The van der Waals surface area contributed by atoms with Gasteiger partial charge in [0.15, 0.2) is 11.6 Å². The van der Waals surface area contributed by atoms with Crippen molar-refractivity contribution in [2.24, 2.45) is 0 Å². The van der Waals surface area contributed by atoms with Gasteiger partial charge in [-0.2, -0.15) is 13.2 Å². The van der Waals surface area contributed by atoms with Crippen molar-refractivity contribution < 1.29 is 55.4 Å². The summed E-state index contributed by atoms with van der Waals surface area (Å²) in [6.07, 6.45) is -5.80. The second kappa shape index (κ2) is 13.6. The number of carboxylic acids is 1. The Labute approximate surface area is 238 Å². The maximum Gasteiger partial charge on any atom is 0.573 e. The van der Waals surface area contributed by atoms with E-state index in [9.17, 15) is 45.5 Å². The van der Waals surface area contributed by atoms with Crippen molar-refractivity contribution in [1.82, 2.24) is 5.32 Å². The normalized spacial score (nSPS) is 12.3. The summed E-state index contributed by atoms with van der Waals surface area (Å²) in [6.45, 7) is -0.129. The number of Topliss-reactive ketones (excluding diaryl/α,β-unsaturated/α-hetero) is 2. The molecule has 3 aromatic carbocycles. The number of aliphatic carboxylic acids is 1. The number of rotatable bonds is 12. The first-order chi connectivity index (χ1) is 19.6. The first kappa shape index (κ1) is 32.2. The maximum atomic E-state index is 13.5. The van der Waals surface area contributed by atoms with Crippen LogP contribution in [0.2, 0.25) is 0 Å². The molecule has 0 heterocycles. The van der Waals surface area contributed by atoms with Crippen LogP contribution in [0.25, 0.3) is 0 Å². The van der Waals surface area contributed by atoms with E-state index in [2.05, 4.69) is 10.1 Å². The molecule has 0 fully saturated rings. The molecular formula is C28H21F6NO6S. The van der Waals surface area contributed by atoms with E-state index in [1.54, 1.807) is 0 Å². The number of carboxylic acid groups (broad SMARTS) is 1. The van der Waals surface area contributed by atoms with E-state index < -0.39 is 65.2 Å². The highest BCUT2D eigenvalue weighted by molar-refractivity contribution is 8.00. The Balaban J connectivity index is 1.88. The Morgan fingerprint density at radius 1 is 0.833 bits per heavy atom. The summed E-state index contributed by atoms with van der Waals surface area (Å²) in [5, 5.41) is 11.1. The van der Waals surface area contributed by atoms with Crippen molar-refractivity contribution in [3.63, 3.8) is 0 Å². The fraction of sp³-hybridized carbons (Fsp3) is 0.214. The van der Waals surface area contributed by atoms with Crippen molar-refractivity contribution in [2.75, 3.05) is 6.54 Å². The van der Waals surface area contributed by atoms with Gasteiger partial charge in [-0.3, -0.25) is 19.2 Å². The van der Waals surface area contributed by atoms with Crippen LogP contribution in [-0.2, 0) is 4.79 Å². The molecule has 2 N–H and O–H groups in total. The number of carbonyl (C=O) groups is 4. The molecule has 0 radical (unpaired) electrons. The van der Waals surface area contributed by atoms with Crippen molar-refractivity contribution >= 4 is 35.2 Å². The summed E-state index contributed by atoms with van der Waals surface area (Å²) in [5.41, 5.74) is -4.42. The molecule has 3 aromatic rings. The number of halogens is 6. The first-order valence-electron chi connectivity index (χ1n) is 12.0. The van der Waals surface area contributed by atoms with Crippen molar-refractivity contribution in [3.05, 3.63) is 95.1 Å². The van der Waals surface area contributed by atoms with E-state index in [-0.39, 0.29) is 40.1 Å². The second-order valence-corrected chi connectivity index (χ2v) is 9.85. The topological polar surface area (TPSA) is 110 Å². The van der Waals surface area contributed by atoms with Crippen LogP contribution in [0, 0.1) is 0 Å². The average molecular weight is 614 g/mol. The Morgan fingerprint density at radius 2 is 1.45 bits per heavy atom. The zero-order chi connectivity index (χ0) is 31.1. The molecule has 1 unspecified atom stereocenters. The van der Waals surface area contributed by atoms with Gasteiger partial charge in [-0.1, -0.05) is 36.4 Å². The highest BCUT2D eigenvalue weighted by Gasteiger charge is 2.32. The Bertz CT molecular complexity index is 1440. The molecule has 0 aliphatic rings. The minimum Gasteiger partial charge on any atom is -0.481 e. The van der Waals surface area contributed by atoms with Crippen LogP contribution < -0.4 is 10.1 Å². The van der Waals surface area contributed by atoms with E-state index >= 15 is 0 Å². The standard InChI is InChI=1S/C28H21F6NO6S/c29-27(30,31)41-20-10-8-16(9-11-20)22(15-23(36)19-2-1-3-21(14-19)42-28(32,33)34)25(39)17-4-6-18(7-5-17)26(40)35-13-12-24(37)38/h1-11,14,22H,12-13,15H2,(H,35,40)(H,37,38). The van der Waals surface area contributed by atoms with Gasteiger partial charge in [-0.05, 0) is 53.7 Å². The highest BCUT2D eigenvalue weighted by Crippen LogP contribution is 2.37. The lowest BCUT2D eigenvalue weighted by atomic mass is 9.85. The largest absolute Gasteiger partial charge is 0.573 e. The Hall–Kier alpha value is -4.33. The number of benzene rings is 3. The van der Waals surface area contributed by atoms with Crippen molar-refractivity contribution in [3.8, 4) is 5.75 Å². The van der Waals surface area contributed by atoms with Gasteiger partial charge in [0.05, 0.1) is 12.3 Å². The van der Waals surface area contributed by atoms with E-state index in [1.807, 2.05) is 0 Å². The number of carbonyl (C=O) groups excluding carboxylic acids is 3. The second-order valence-electron chi connectivity index (χ2n) is 8.71. The number of ether oxygens (including phenoxy) is 1. The molecule has 0 saturated carbocycles. The molecule has 0 aromatic heterocycles. The van der Waals surface area contributed by atoms with Gasteiger partial charge in [0.1, 0.15) is 5.75 Å². The Morgan fingerprint density at radius 3 is 2.02 bits per heavy atom. The zero-order valence-corrected chi connectivity index (χ0v) is 22.1. The third-order valence-corrected chi connectivity index (χ3v) is 6.39. The summed E-state index contributed by atoms with van der Waals surface area (Å²) in [5.74, 6) is -4.88. The number of alkyl halides is 6. The smallest absolute Gasteiger partial charge is 0.481 e. The monoisotopic (exact) mass is 613 g/mol. The number of amides is 1. The Kier molecular flexibility index (Phi) is 10.4. The maximum absolute atomic E-state index is 13.5. The molecule has 14 heteroatoms. The van der Waals surface area contributed by atoms with Gasteiger partial charge in [0.2, 0.25) is 0 Å². The molecule has 42 heavy (non-hydrogen) atoms. The molecule has 1 atom stereocenters. The van der Waals surface area contributed by atoms with Gasteiger partial charge >= 0.3 is 17.8 Å². The van der Waals surface area contributed by atoms with Crippen LogP contribution in [0.1, 0.15) is 55.4 Å². The van der Waals surface area contributed by atoms with Crippen LogP contribution in [0.5, 0.6) is 5.75 Å². The number of ketones is 2. The summed E-state index contributed by atoms with van der Waals surface area (Å²) < 4.78 is 80.0. The van der Waals surface area contributed by atoms with E-state index in [0.29, 0.717) is 0 Å². The molecule has 0 bridgehead atoms. The predicted molar refractivity (Wildman–Crippen MR) is 139 cm³/mol. The lowest BCUT2D eigenvalue weighted by molar-refractivity contribution is -0.274. The van der Waals surface area contributed by atoms with E-state index in [4.69, 9.17) is 5.11 Å². The van der Waals surface area contributed by atoms with Crippen molar-refractivity contribution in [2.45, 2.75) is 35.5 Å². The van der Waals surface area contributed by atoms with E-state index in [1.165, 1.54) is 36.4 Å². The number of hydrogen-bond donors (Lipinski definition) is 2. The van der Waals surface area contributed by atoms with Gasteiger partial charge in [-0.15, -0.1) is 13.2 Å². The minimum atomic E-state index is -4.96. The van der Waals surface area contributed by atoms with Gasteiger partial charge in [0.25, 0.3) is 5.91 Å².